The largest absolute Gasteiger partial charge is 0.370 e. The second-order valence-corrected chi connectivity index (χ2v) is 4.98. The highest BCUT2D eigenvalue weighted by molar-refractivity contribution is 6.07. The summed E-state index contributed by atoms with van der Waals surface area (Å²) < 4.78 is 13.4. The van der Waals surface area contributed by atoms with E-state index in [9.17, 15) is 9.18 Å². The van der Waals surface area contributed by atoms with Crippen LogP contribution in [0.2, 0.25) is 0 Å². The minimum atomic E-state index is -1.14. The molecule has 0 aromatic heterocycles. The van der Waals surface area contributed by atoms with Gasteiger partial charge in [0, 0.05) is 6.42 Å². The number of nitrogens with zero attached hydrogens (tertiary/aromatic N) is 1. The Balaban J connectivity index is 2.08. The summed E-state index contributed by atoms with van der Waals surface area (Å²) in [5.41, 5.74) is 5.94. The van der Waals surface area contributed by atoms with Crippen molar-refractivity contribution in [3.05, 3.63) is 71.5 Å². The highest BCUT2D eigenvalue weighted by Gasteiger charge is 2.44. The molecule has 5 heteroatoms. The van der Waals surface area contributed by atoms with Crippen molar-refractivity contribution in [2.45, 2.75) is 12.0 Å². The first-order valence-corrected chi connectivity index (χ1v) is 6.57. The Bertz CT molecular complexity index is 714. The van der Waals surface area contributed by atoms with Crippen LogP contribution >= 0.6 is 0 Å². The number of hydrogen-bond acceptors (Lipinski definition) is 3. The molecule has 0 unspecified atom stereocenters. The molecule has 1 atom stereocenters. The smallest absolute Gasteiger partial charge is 0.259 e. The summed E-state index contributed by atoms with van der Waals surface area (Å²) in [5, 5.41) is 2.54. The van der Waals surface area contributed by atoms with E-state index >= 15 is 0 Å². The molecule has 0 saturated heterocycles. The number of nitrogens with one attached hydrogen (secondary N) is 1. The Morgan fingerprint density at radius 3 is 2.52 bits per heavy atom. The van der Waals surface area contributed by atoms with Crippen molar-refractivity contribution < 1.29 is 9.18 Å². The molecule has 0 radical (unpaired) electrons. The number of nitrogens with two attached hydrogens (primary N) is 1. The molecular formula is C16H14FN3O. The second-order valence-electron chi connectivity index (χ2n) is 4.98. The van der Waals surface area contributed by atoms with Crippen LogP contribution in [-0.2, 0) is 16.8 Å². The van der Waals surface area contributed by atoms with E-state index in [0.717, 1.165) is 5.56 Å². The molecule has 0 bridgehead atoms. The van der Waals surface area contributed by atoms with Gasteiger partial charge in [0.25, 0.3) is 5.91 Å². The average Bonchev–Trinajstić information content (AvgIpc) is 2.75. The zero-order chi connectivity index (χ0) is 14.9. The molecule has 1 amide bonds. The molecule has 0 fully saturated rings. The number of halogens is 1. The molecule has 1 heterocycles. The van der Waals surface area contributed by atoms with Crippen molar-refractivity contribution in [3.8, 4) is 0 Å². The topological polar surface area (TPSA) is 67.5 Å². The summed E-state index contributed by atoms with van der Waals surface area (Å²) in [4.78, 5) is 16.7. The summed E-state index contributed by atoms with van der Waals surface area (Å²) in [7, 11) is 0. The van der Waals surface area contributed by atoms with Gasteiger partial charge in [0.1, 0.15) is 5.82 Å². The maximum absolute atomic E-state index is 13.4. The minimum Gasteiger partial charge on any atom is -0.370 e. The van der Waals surface area contributed by atoms with Crippen molar-refractivity contribution in [2.75, 3.05) is 0 Å². The third-order valence-corrected chi connectivity index (χ3v) is 3.53. The van der Waals surface area contributed by atoms with E-state index in [4.69, 9.17) is 5.73 Å². The third kappa shape index (κ3) is 2.38. The lowest BCUT2D eigenvalue weighted by atomic mass is 9.84. The highest BCUT2D eigenvalue weighted by Crippen LogP contribution is 2.33. The first kappa shape index (κ1) is 13.3. The van der Waals surface area contributed by atoms with E-state index in [1.165, 1.54) is 12.1 Å². The summed E-state index contributed by atoms with van der Waals surface area (Å²) in [6.45, 7) is 0. The zero-order valence-electron chi connectivity index (χ0n) is 11.2. The van der Waals surface area contributed by atoms with Crippen LogP contribution in [0.25, 0.3) is 0 Å². The van der Waals surface area contributed by atoms with E-state index in [0.29, 0.717) is 5.56 Å². The van der Waals surface area contributed by atoms with Crippen LogP contribution in [0, 0.1) is 5.82 Å². The fourth-order valence-electron chi connectivity index (χ4n) is 2.58. The fraction of sp³-hybridized carbons (Fsp3) is 0.125. The average molecular weight is 283 g/mol. The molecular weight excluding hydrogens is 269 g/mol. The molecule has 21 heavy (non-hydrogen) atoms. The van der Waals surface area contributed by atoms with Gasteiger partial charge in [-0.2, -0.15) is 0 Å². The summed E-state index contributed by atoms with van der Waals surface area (Å²) >= 11 is 0. The van der Waals surface area contributed by atoms with Crippen molar-refractivity contribution in [1.82, 2.24) is 5.32 Å². The lowest BCUT2D eigenvalue weighted by Crippen LogP contribution is -2.40. The van der Waals surface area contributed by atoms with Crippen LogP contribution in [0.4, 0.5) is 4.39 Å². The van der Waals surface area contributed by atoms with Crippen LogP contribution in [0.1, 0.15) is 11.1 Å². The van der Waals surface area contributed by atoms with Gasteiger partial charge in [-0.25, -0.2) is 9.38 Å². The molecule has 3 N–H and O–H groups in total. The number of rotatable bonds is 3. The molecule has 4 nitrogen and oxygen atoms in total. The molecule has 0 spiro atoms. The normalized spacial score (nSPS) is 21.0. The number of guanidine groups is 1. The molecule has 0 saturated carbocycles. The third-order valence-electron chi connectivity index (χ3n) is 3.53. The van der Waals surface area contributed by atoms with Crippen LogP contribution in [0.3, 0.4) is 0 Å². The van der Waals surface area contributed by atoms with Gasteiger partial charge >= 0.3 is 0 Å². The van der Waals surface area contributed by atoms with Gasteiger partial charge in [-0.1, -0.05) is 42.5 Å². The molecule has 2 aromatic rings. The molecule has 2 aromatic carbocycles. The Labute approximate surface area is 121 Å². The molecule has 1 aliphatic heterocycles. The number of benzene rings is 2. The van der Waals surface area contributed by atoms with Crippen molar-refractivity contribution in [2.24, 2.45) is 10.7 Å². The molecule has 3 rings (SSSR count). The number of carbonyl (C=O) groups excluding carboxylic acids is 1. The highest BCUT2D eigenvalue weighted by atomic mass is 19.1. The van der Waals surface area contributed by atoms with E-state index < -0.39 is 5.54 Å². The first-order chi connectivity index (χ1) is 10.1. The monoisotopic (exact) mass is 283 g/mol. The standard InChI is InChI=1S/C16H14FN3O/c17-13-8-4-5-11(9-13)10-16(12-6-2-1-3-7-12)14(21)19-15(18)20-16/h1-9H,10H2,(H3,18,19,20,21)/t16-/m1/s1. The maximum atomic E-state index is 13.4. The van der Waals surface area contributed by atoms with Gasteiger partial charge in [-0.3, -0.25) is 10.1 Å². The van der Waals surface area contributed by atoms with Crippen molar-refractivity contribution in [3.63, 3.8) is 0 Å². The van der Waals surface area contributed by atoms with Gasteiger partial charge in [0.2, 0.25) is 0 Å². The van der Waals surface area contributed by atoms with Crippen molar-refractivity contribution >= 4 is 11.9 Å². The predicted molar refractivity (Wildman–Crippen MR) is 78.0 cm³/mol. The van der Waals surface area contributed by atoms with Gasteiger partial charge in [-0.15, -0.1) is 0 Å². The maximum Gasteiger partial charge on any atom is 0.259 e. The van der Waals surface area contributed by atoms with E-state index in [2.05, 4.69) is 10.3 Å². The van der Waals surface area contributed by atoms with Gasteiger partial charge < -0.3 is 5.73 Å². The Morgan fingerprint density at radius 1 is 1.14 bits per heavy atom. The summed E-state index contributed by atoms with van der Waals surface area (Å²) in [6.07, 6.45) is 0.251. The number of carbonyl (C=O) groups is 1. The Kier molecular flexibility index (Phi) is 3.17. The van der Waals surface area contributed by atoms with Crippen LogP contribution in [0.15, 0.2) is 59.6 Å². The van der Waals surface area contributed by atoms with Gasteiger partial charge in [-0.05, 0) is 23.3 Å². The molecule has 0 aliphatic carbocycles. The SMILES string of the molecule is NC1=N[C@](Cc2cccc(F)c2)(c2ccccc2)C(=O)N1. The van der Waals surface area contributed by atoms with Gasteiger partial charge in [0.15, 0.2) is 11.5 Å². The van der Waals surface area contributed by atoms with E-state index in [-0.39, 0.29) is 24.1 Å². The summed E-state index contributed by atoms with van der Waals surface area (Å²) in [6, 6.07) is 15.3. The number of hydrogen-bond donors (Lipinski definition) is 2. The van der Waals surface area contributed by atoms with E-state index in [1.807, 2.05) is 30.3 Å². The van der Waals surface area contributed by atoms with Crippen LogP contribution < -0.4 is 11.1 Å². The lowest BCUT2D eigenvalue weighted by Gasteiger charge is -2.24. The quantitative estimate of drug-likeness (QED) is 0.900. The van der Waals surface area contributed by atoms with Crippen molar-refractivity contribution in [1.29, 1.82) is 0 Å². The zero-order valence-corrected chi connectivity index (χ0v) is 11.2. The Hall–Kier alpha value is -2.69. The van der Waals surface area contributed by atoms with Crippen LogP contribution in [0.5, 0.6) is 0 Å². The predicted octanol–water partition coefficient (Wildman–Crippen LogP) is 1.71. The van der Waals surface area contributed by atoms with E-state index in [1.54, 1.807) is 12.1 Å². The fourth-order valence-corrected chi connectivity index (χ4v) is 2.58. The summed E-state index contributed by atoms with van der Waals surface area (Å²) in [5.74, 6) is -0.554. The van der Waals surface area contributed by atoms with Crippen LogP contribution in [-0.4, -0.2) is 11.9 Å². The molecule has 106 valence electrons. The number of amides is 1. The first-order valence-electron chi connectivity index (χ1n) is 6.57. The molecule has 1 aliphatic rings. The Morgan fingerprint density at radius 2 is 1.90 bits per heavy atom. The lowest BCUT2D eigenvalue weighted by molar-refractivity contribution is -0.124. The van der Waals surface area contributed by atoms with Gasteiger partial charge in [0.05, 0.1) is 0 Å². The second kappa shape index (κ2) is 5.01. The number of aliphatic imine (C=N–C) groups is 1. The minimum absolute atomic E-state index is 0.0836.